The fraction of sp³-hybridized carbons (Fsp3) is 1.00. The van der Waals surface area contributed by atoms with Crippen LogP contribution in [0.2, 0.25) is 0 Å². The lowest BCUT2D eigenvalue weighted by Gasteiger charge is -2.44. The molecule has 1 unspecified atom stereocenters. The monoisotopic (exact) mass is 171 g/mol. The first kappa shape index (κ1) is 10.0. The van der Waals surface area contributed by atoms with E-state index < -0.39 is 0 Å². The van der Waals surface area contributed by atoms with Gasteiger partial charge >= 0.3 is 0 Å². The molecule has 0 amide bonds. The standard InChI is InChI=1S/C10H21NO/c1-3-10(8-11,12-4-2)9-6-5-7-9/h9H,3-8,11H2,1-2H3. The Morgan fingerprint density at radius 3 is 2.33 bits per heavy atom. The normalized spacial score (nSPS) is 23.2. The number of hydrogen-bond donors (Lipinski definition) is 1. The molecule has 0 aromatic carbocycles. The van der Waals surface area contributed by atoms with E-state index in [2.05, 4.69) is 13.8 Å². The molecule has 1 fully saturated rings. The van der Waals surface area contributed by atoms with E-state index in [0.717, 1.165) is 18.9 Å². The summed E-state index contributed by atoms with van der Waals surface area (Å²) in [5.41, 5.74) is 5.80. The zero-order valence-electron chi connectivity index (χ0n) is 8.31. The minimum absolute atomic E-state index is 0.00694. The van der Waals surface area contributed by atoms with Crippen LogP contribution in [0.5, 0.6) is 0 Å². The Morgan fingerprint density at radius 1 is 1.42 bits per heavy atom. The highest BCUT2D eigenvalue weighted by atomic mass is 16.5. The molecule has 0 heterocycles. The molecule has 1 aliphatic rings. The van der Waals surface area contributed by atoms with E-state index in [-0.39, 0.29) is 5.60 Å². The van der Waals surface area contributed by atoms with E-state index in [1.807, 2.05) is 0 Å². The Morgan fingerprint density at radius 2 is 2.08 bits per heavy atom. The average Bonchev–Trinajstić information content (AvgIpc) is 2.00. The molecule has 0 bridgehead atoms. The van der Waals surface area contributed by atoms with Gasteiger partial charge in [0, 0.05) is 13.2 Å². The smallest absolute Gasteiger partial charge is 0.0829 e. The third-order valence-electron chi connectivity index (χ3n) is 3.22. The van der Waals surface area contributed by atoms with Crippen LogP contribution in [0.15, 0.2) is 0 Å². The van der Waals surface area contributed by atoms with Gasteiger partial charge in [0.2, 0.25) is 0 Å². The zero-order chi connectivity index (χ0) is 9.03. The van der Waals surface area contributed by atoms with Crippen molar-refractivity contribution in [3.63, 3.8) is 0 Å². The summed E-state index contributed by atoms with van der Waals surface area (Å²) >= 11 is 0. The summed E-state index contributed by atoms with van der Waals surface area (Å²) < 4.78 is 5.81. The second-order valence-electron chi connectivity index (χ2n) is 3.68. The average molecular weight is 171 g/mol. The van der Waals surface area contributed by atoms with Crippen LogP contribution in [0.4, 0.5) is 0 Å². The van der Waals surface area contributed by atoms with Crippen LogP contribution < -0.4 is 5.73 Å². The van der Waals surface area contributed by atoms with Gasteiger partial charge < -0.3 is 10.5 Å². The zero-order valence-corrected chi connectivity index (χ0v) is 8.31. The first-order valence-corrected chi connectivity index (χ1v) is 5.13. The van der Waals surface area contributed by atoms with E-state index in [4.69, 9.17) is 10.5 Å². The summed E-state index contributed by atoms with van der Waals surface area (Å²) in [7, 11) is 0. The number of hydrogen-bond acceptors (Lipinski definition) is 2. The molecule has 0 aromatic heterocycles. The number of ether oxygens (including phenoxy) is 1. The van der Waals surface area contributed by atoms with Crippen molar-refractivity contribution < 1.29 is 4.74 Å². The fourth-order valence-corrected chi connectivity index (χ4v) is 2.10. The Kier molecular flexibility index (Phi) is 3.53. The summed E-state index contributed by atoms with van der Waals surface area (Å²) in [5.74, 6) is 0.729. The molecule has 2 nitrogen and oxygen atoms in total. The highest BCUT2D eigenvalue weighted by molar-refractivity contribution is 4.92. The lowest BCUT2D eigenvalue weighted by atomic mass is 9.71. The van der Waals surface area contributed by atoms with E-state index in [1.165, 1.54) is 19.3 Å². The van der Waals surface area contributed by atoms with Gasteiger partial charge in [-0.05, 0) is 32.1 Å². The van der Waals surface area contributed by atoms with E-state index in [9.17, 15) is 0 Å². The first-order valence-electron chi connectivity index (χ1n) is 5.13. The molecule has 1 saturated carbocycles. The van der Waals surface area contributed by atoms with Gasteiger partial charge in [-0.1, -0.05) is 13.3 Å². The van der Waals surface area contributed by atoms with Crippen molar-refractivity contribution in [2.75, 3.05) is 13.2 Å². The van der Waals surface area contributed by atoms with E-state index in [0.29, 0.717) is 6.54 Å². The molecule has 12 heavy (non-hydrogen) atoms. The third kappa shape index (κ3) is 1.64. The summed E-state index contributed by atoms with van der Waals surface area (Å²) in [4.78, 5) is 0. The summed E-state index contributed by atoms with van der Waals surface area (Å²) in [5, 5.41) is 0. The minimum Gasteiger partial charge on any atom is -0.374 e. The second-order valence-corrected chi connectivity index (χ2v) is 3.68. The predicted molar refractivity (Wildman–Crippen MR) is 51.0 cm³/mol. The molecule has 1 aliphatic carbocycles. The third-order valence-corrected chi connectivity index (χ3v) is 3.22. The van der Waals surface area contributed by atoms with Crippen LogP contribution >= 0.6 is 0 Å². The van der Waals surface area contributed by atoms with Crippen molar-refractivity contribution in [1.82, 2.24) is 0 Å². The largest absolute Gasteiger partial charge is 0.374 e. The maximum absolute atomic E-state index is 5.81. The van der Waals surface area contributed by atoms with Crippen molar-refractivity contribution in [2.45, 2.75) is 45.1 Å². The molecular formula is C10H21NO. The molecule has 2 heteroatoms. The topological polar surface area (TPSA) is 35.2 Å². The predicted octanol–water partition coefficient (Wildman–Crippen LogP) is 1.93. The molecule has 0 saturated heterocycles. The highest BCUT2D eigenvalue weighted by Crippen LogP contribution is 2.39. The second kappa shape index (κ2) is 4.24. The van der Waals surface area contributed by atoms with Crippen molar-refractivity contribution in [3.05, 3.63) is 0 Å². The summed E-state index contributed by atoms with van der Waals surface area (Å²) in [6, 6.07) is 0. The number of nitrogens with two attached hydrogens (primary N) is 1. The quantitative estimate of drug-likeness (QED) is 0.686. The van der Waals surface area contributed by atoms with Crippen molar-refractivity contribution in [2.24, 2.45) is 11.7 Å². The lowest BCUT2D eigenvalue weighted by molar-refractivity contribution is -0.100. The summed E-state index contributed by atoms with van der Waals surface area (Å²) in [6.45, 7) is 5.71. The van der Waals surface area contributed by atoms with Crippen LogP contribution in [0.1, 0.15) is 39.5 Å². The Labute approximate surface area is 75.5 Å². The Bertz CT molecular complexity index is 128. The van der Waals surface area contributed by atoms with Crippen molar-refractivity contribution in [3.8, 4) is 0 Å². The molecule has 0 aromatic rings. The van der Waals surface area contributed by atoms with Crippen LogP contribution in [0.3, 0.4) is 0 Å². The first-order chi connectivity index (χ1) is 5.79. The molecule has 1 rings (SSSR count). The minimum atomic E-state index is 0.00694. The Balaban J connectivity index is 2.54. The molecule has 2 N–H and O–H groups in total. The van der Waals surface area contributed by atoms with E-state index >= 15 is 0 Å². The van der Waals surface area contributed by atoms with Crippen LogP contribution in [0, 0.1) is 5.92 Å². The lowest BCUT2D eigenvalue weighted by Crippen LogP contribution is -2.49. The Hall–Kier alpha value is -0.0800. The van der Waals surface area contributed by atoms with Gasteiger partial charge in [-0.2, -0.15) is 0 Å². The van der Waals surface area contributed by atoms with Gasteiger partial charge in [0.15, 0.2) is 0 Å². The molecule has 0 spiro atoms. The fourth-order valence-electron chi connectivity index (χ4n) is 2.10. The van der Waals surface area contributed by atoms with Gasteiger partial charge in [-0.15, -0.1) is 0 Å². The van der Waals surface area contributed by atoms with Crippen molar-refractivity contribution >= 4 is 0 Å². The van der Waals surface area contributed by atoms with Crippen LogP contribution in [0.25, 0.3) is 0 Å². The van der Waals surface area contributed by atoms with Crippen molar-refractivity contribution in [1.29, 1.82) is 0 Å². The summed E-state index contributed by atoms with van der Waals surface area (Å²) in [6.07, 6.45) is 5.04. The number of rotatable bonds is 5. The van der Waals surface area contributed by atoms with Gasteiger partial charge in [-0.3, -0.25) is 0 Å². The van der Waals surface area contributed by atoms with Crippen LogP contribution in [-0.4, -0.2) is 18.8 Å². The molecular weight excluding hydrogens is 150 g/mol. The maximum atomic E-state index is 5.81. The maximum Gasteiger partial charge on any atom is 0.0829 e. The SMILES string of the molecule is CCOC(CC)(CN)C1CCC1. The molecule has 1 atom stereocenters. The van der Waals surface area contributed by atoms with Gasteiger partial charge in [0.25, 0.3) is 0 Å². The molecule has 0 aliphatic heterocycles. The van der Waals surface area contributed by atoms with Gasteiger partial charge in [0.05, 0.1) is 5.60 Å². The van der Waals surface area contributed by atoms with Gasteiger partial charge in [-0.25, -0.2) is 0 Å². The highest BCUT2D eigenvalue weighted by Gasteiger charge is 2.39. The molecule has 72 valence electrons. The van der Waals surface area contributed by atoms with Gasteiger partial charge in [0.1, 0.15) is 0 Å². The molecule has 0 radical (unpaired) electrons. The van der Waals surface area contributed by atoms with Crippen LogP contribution in [-0.2, 0) is 4.74 Å². The van der Waals surface area contributed by atoms with E-state index in [1.54, 1.807) is 0 Å².